The predicted octanol–water partition coefficient (Wildman–Crippen LogP) is 3.35. The molecule has 0 aliphatic heterocycles. The summed E-state index contributed by atoms with van der Waals surface area (Å²) in [4.78, 5) is 11.6. The van der Waals surface area contributed by atoms with Crippen LogP contribution in [0.1, 0.15) is 25.5 Å². The van der Waals surface area contributed by atoms with Crippen LogP contribution in [0, 0.1) is 5.82 Å². The topological polar surface area (TPSA) is 50.7 Å². The van der Waals surface area contributed by atoms with E-state index in [4.69, 9.17) is 0 Å². The number of rotatable bonds is 4. The number of benzene rings is 1. The van der Waals surface area contributed by atoms with Gasteiger partial charge in [0, 0.05) is 11.8 Å². The normalized spacial score (nSPS) is 11.2. The molecule has 19 heavy (non-hydrogen) atoms. The van der Waals surface area contributed by atoms with Gasteiger partial charge in [-0.15, -0.1) is 5.10 Å². The van der Waals surface area contributed by atoms with Crippen molar-refractivity contribution in [1.29, 1.82) is 0 Å². The van der Waals surface area contributed by atoms with E-state index >= 15 is 0 Å². The van der Waals surface area contributed by atoms with Gasteiger partial charge in [-0.2, -0.15) is 0 Å². The first-order valence-electron chi connectivity index (χ1n) is 5.73. The second-order valence-corrected chi connectivity index (χ2v) is 6.01. The fourth-order valence-corrected chi connectivity index (χ4v) is 3.31. The lowest BCUT2D eigenvalue weighted by Gasteiger charge is -2.09. The van der Waals surface area contributed by atoms with E-state index in [1.165, 1.54) is 17.8 Å². The van der Waals surface area contributed by atoms with Gasteiger partial charge >= 0.3 is 5.69 Å². The number of thioether (sulfide) groups is 1. The summed E-state index contributed by atoms with van der Waals surface area (Å²) >= 11 is 4.62. The molecule has 7 heteroatoms. The average molecular weight is 346 g/mol. The van der Waals surface area contributed by atoms with Crippen molar-refractivity contribution in [2.75, 3.05) is 0 Å². The number of nitrogens with zero attached hydrogens (tertiary/aromatic N) is 2. The second kappa shape index (κ2) is 5.92. The van der Waals surface area contributed by atoms with E-state index in [1.54, 1.807) is 10.6 Å². The molecule has 0 atom stereocenters. The fourth-order valence-electron chi connectivity index (χ4n) is 1.65. The van der Waals surface area contributed by atoms with Gasteiger partial charge in [-0.1, -0.05) is 23.9 Å². The van der Waals surface area contributed by atoms with Crippen LogP contribution in [0.25, 0.3) is 0 Å². The van der Waals surface area contributed by atoms with E-state index in [0.717, 1.165) is 5.56 Å². The lowest BCUT2D eigenvalue weighted by Crippen LogP contribution is -2.19. The molecule has 0 spiro atoms. The lowest BCUT2D eigenvalue weighted by molar-refractivity contribution is 0.534. The quantitative estimate of drug-likeness (QED) is 0.864. The highest BCUT2D eigenvalue weighted by molar-refractivity contribution is 9.10. The molecule has 0 fully saturated rings. The van der Waals surface area contributed by atoms with Crippen molar-refractivity contribution in [3.63, 3.8) is 0 Å². The first kappa shape index (κ1) is 14.3. The maximum atomic E-state index is 13.4. The molecule has 1 aromatic carbocycles. The van der Waals surface area contributed by atoms with Crippen LogP contribution in [0.15, 0.2) is 32.6 Å². The molecule has 4 nitrogen and oxygen atoms in total. The van der Waals surface area contributed by atoms with Crippen LogP contribution in [-0.4, -0.2) is 14.8 Å². The third-order valence-electron chi connectivity index (χ3n) is 2.58. The molecule has 2 rings (SSSR count). The molecule has 1 aromatic heterocycles. The molecule has 0 unspecified atom stereocenters. The van der Waals surface area contributed by atoms with Gasteiger partial charge in [0.1, 0.15) is 5.82 Å². The Morgan fingerprint density at radius 1 is 1.53 bits per heavy atom. The average Bonchev–Trinajstić information content (AvgIpc) is 2.72. The molecule has 0 aliphatic carbocycles. The predicted molar refractivity (Wildman–Crippen MR) is 76.9 cm³/mol. The fraction of sp³-hybridized carbons (Fsp3) is 0.333. The minimum absolute atomic E-state index is 0.0321. The van der Waals surface area contributed by atoms with Crippen LogP contribution < -0.4 is 5.69 Å². The number of hydrogen-bond donors (Lipinski definition) is 1. The second-order valence-electron chi connectivity index (χ2n) is 4.28. The lowest BCUT2D eigenvalue weighted by atomic mass is 10.2. The minimum atomic E-state index is -0.290. The summed E-state index contributed by atoms with van der Waals surface area (Å²) in [6, 6.07) is 4.93. The molecule has 1 heterocycles. The summed E-state index contributed by atoms with van der Waals surface area (Å²) in [7, 11) is 0. The molecule has 2 aromatic rings. The number of H-pyrrole nitrogens is 1. The Bertz CT molecular complexity index is 638. The summed E-state index contributed by atoms with van der Waals surface area (Å²) in [5.74, 6) is 0.247. The van der Waals surface area contributed by atoms with Crippen molar-refractivity contribution >= 4 is 27.7 Å². The van der Waals surface area contributed by atoms with Crippen molar-refractivity contribution in [3.8, 4) is 0 Å². The van der Waals surface area contributed by atoms with Crippen LogP contribution >= 0.6 is 27.7 Å². The number of aromatic amines is 1. The Balaban J connectivity index is 2.20. The van der Waals surface area contributed by atoms with Crippen molar-refractivity contribution in [3.05, 3.63) is 44.5 Å². The summed E-state index contributed by atoms with van der Waals surface area (Å²) in [5, 5.41) is 7.02. The molecule has 0 saturated heterocycles. The molecule has 0 saturated carbocycles. The van der Waals surface area contributed by atoms with Crippen molar-refractivity contribution < 1.29 is 4.39 Å². The first-order valence-corrected chi connectivity index (χ1v) is 7.51. The minimum Gasteiger partial charge on any atom is -0.268 e. The van der Waals surface area contributed by atoms with Gasteiger partial charge < -0.3 is 0 Å². The SMILES string of the molecule is CC(C)n1c(SCc2cccc(F)c2Br)n[nH]c1=O. The van der Waals surface area contributed by atoms with Crippen LogP contribution in [0.4, 0.5) is 4.39 Å². The maximum Gasteiger partial charge on any atom is 0.344 e. The number of hydrogen-bond acceptors (Lipinski definition) is 3. The first-order chi connectivity index (χ1) is 9.00. The van der Waals surface area contributed by atoms with E-state index in [-0.39, 0.29) is 17.5 Å². The highest BCUT2D eigenvalue weighted by Gasteiger charge is 2.13. The molecule has 1 N–H and O–H groups in total. The molecular weight excluding hydrogens is 333 g/mol. The number of halogens is 2. The van der Waals surface area contributed by atoms with Gasteiger partial charge in [-0.25, -0.2) is 14.3 Å². The smallest absolute Gasteiger partial charge is 0.268 e. The Morgan fingerprint density at radius 2 is 2.26 bits per heavy atom. The number of aromatic nitrogens is 3. The zero-order valence-electron chi connectivity index (χ0n) is 10.5. The van der Waals surface area contributed by atoms with Crippen LogP contribution in [0.5, 0.6) is 0 Å². The standard InChI is InChI=1S/C12H13BrFN3OS/c1-7(2)17-11(18)15-16-12(17)19-6-8-4-3-5-9(14)10(8)13/h3-5,7H,6H2,1-2H3,(H,15,18). The van der Waals surface area contributed by atoms with Crippen molar-refractivity contribution in [2.24, 2.45) is 0 Å². The van der Waals surface area contributed by atoms with Gasteiger partial charge in [-0.05, 0) is 41.4 Å². The summed E-state index contributed by atoms with van der Waals surface area (Å²) in [6.45, 7) is 3.83. The van der Waals surface area contributed by atoms with E-state index in [0.29, 0.717) is 15.4 Å². The van der Waals surface area contributed by atoms with E-state index in [2.05, 4.69) is 26.1 Å². The van der Waals surface area contributed by atoms with Gasteiger partial charge in [0.2, 0.25) is 0 Å². The summed E-state index contributed by atoms with van der Waals surface area (Å²) in [6.07, 6.45) is 0. The van der Waals surface area contributed by atoms with Gasteiger partial charge in [0.25, 0.3) is 0 Å². The molecular formula is C12H13BrFN3OS. The van der Waals surface area contributed by atoms with E-state index < -0.39 is 0 Å². The number of nitrogens with one attached hydrogen (secondary N) is 1. The Kier molecular flexibility index (Phi) is 4.46. The van der Waals surface area contributed by atoms with Gasteiger partial charge in [0.05, 0.1) is 4.47 Å². The maximum absolute atomic E-state index is 13.4. The van der Waals surface area contributed by atoms with E-state index in [1.807, 2.05) is 19.9 Å². The van der Waals surface area contributed by atoms with E-state index in [9.17, 15) is 9.18 Å². The third-order valence-corrected chi connectivity index (χ3v) is 4.47. The van der Waals surface area contributed by atoms with Gasteiger partial charge in [-0.3, -0.25) is 4.57 Å². The van der Waals surface area contributed by atoms with Crippen molar-refractivity contribution in [1.82, 2.24) is 14.8 Å². The summed E-state index contributed by atoms with van der Waals surface area (Å²) in [5.41, 5.74) is 0.603. The van der Waals surface area contributed by atoms with Crippen LogP contribution in [0.3, 0.4) is 0 Å². The van der Waals surface area contributed by atoms with Crippen LogP contribution in [-0.2, 0) is 5.75 Å². The molecule has 0 amide bonds. The summed E-state index contributed by atoms with van der Waals surface area (Å²) < 4.78 is 15.4. The highest BCUT2D eigenvalue weighted by Crippen LogP contribution is 2.27. The molecule has 0 radical (unpaired) electrons. The Labute approximate surface area is 122 Å². The largest absolute Gasteiger partial charge is 0.344 e. The Hall–Kier alpha value is -1.08. The Morgan fingerprint density at radius 3 is 2.95 bits per heavy atom. The zero-order valence-corrected chi connectivity index (χ0v) is 12.9. The third kappa shape index (κ3) is 3.09. The molecule has 0 aliphatic rings. The monoisotopic (exact) mass is 345 g/mol. The van der Waals surface area contributed by atoms with Crippen molar-refractivity contribution in [2.45, 2.75) is 30.8 Å². The molecule has 102 valence electrons. The highest BCUT2D eigenvalue weighted by atomic mass is 79.9. The molecule has 0 bridgehead atoms. The van der Waals surface area contributed by atoms with Gasteiger partial charge in [0.15, 0.2) is 5.16 Å². The zero-order chi connectivity index (χ0) is 14.0. The van der Waals surface area contributed by atoms with Crippen LogP contribution in [0.2, 0.25) is 0 Å².